The molecule has 89 heavy (non-hydrogen) atoms. The Kier molecular flexibility index (Phi) is 17.4. The molecule has 8 aromatic carbocycles. The molecule has 0 amide bonds. The largest absolute Gasteiger partial charge is 0.439 e. The van der Waals surface area contributed by atoms with Gasteiger partial charge in [-0.05, 0) is 137 Å². The zero-order chi connectivity index (χ0) is 62.0. The van der Waals surface area contributed by atoms with Crippen molar-refractivity contribution in [3.05, 3.63) is 250 Å². The van der Waals surface area contributed by atoms with E-state index in [2.05, 4.69) is 110 Å². The number of benzene rings is 8. The van der Waals surface area contributed by atoms with Gasteiger partial charge in [0.05, 0.1) is 17.5 Å². The van der Waals surface area contributed by atoms with Gasteiger partial charge in [-0.15, -0.1) is 9.13 Å². The van der Waals surface area contributed by atoms with Gasteiger partial charge in [0, 0.05) is 45.7 Å². The van der Waals surface area contributed by atoms with Gasteiger partial charge in [0.25, 0.3) is 22.8 Å². The molecule has 18 heteroatoms. The Morgan fingerprint density at radius 2 is 1.01 bits per heavy atom. The number of allylic oxidation sites excluding steroid dienone is 5. The smallest absolute Gasteiger partial charge is 0.380 e. The Hall–Kier alpha value is -8.62. The van der Waals surface area contributed by atoms with Gasteiger partial charge in [0.15, 0.2) is 11.5 Å². The molecule has 14 nitrogen and oxygen atoms in total. The third-order valence-corrected chi connectivity index (χ3v) is 18.3. The number of aromatic nitrogens is 2. The van der Waals surface area contributed by atoms with Crippen molar-refractivity contribution in [2.24, 2.45) is 5.41 Å². The maximum atomic E-state index is 12.3. The summed E-state index contributed by atoms with van der Waals surface area (Å²) in [6.07, 6.45) is 16.7. The van der Waals surface area contributed by atoms with Crippen LogP contribution in [-0.2, 0) is 32.0 Å². The minimum absolute atomic E-state index is 0.0910. The number of nitrogens with zero attached hydrogens (tertiary/aromatic N) is 4. The lowest BCUT2D eigenvalue weighted by atomic mass is 9.78. The highest BCUT2D eigenvalue weighted by molar-refractivity contribution is 9.10. The first-order chi connectivity index (χ1) is 42.9. The molecule has 13 rings (SSSR count). The molecule has 2 aromatic heterocycles. The van der Waals surface area contributed by atoms with Gasteiger partial charge < -0.3 is 28.1 Å². The molecule has 2 N–H and O–H groups in total. The Labute approximate surface area is 534 Å². The lowest BCUT2D eigenvalue weighted by molar-refractivity contribution is -0.658. The van der Waals surface area contributed by atoms with Crippen LogP contribution in [0.3, 0.4) is 0 Å². The highest BCUT2D eigenvalue weighted by atomic mass is 79.9. The zero-order valence-electron chi connectivity index (χ0n) is 48.8. The Bertz CT molecular complexity index is 4720. The second kappa shape index (κ2) is 25.5. The van der Waals surface area contributed by atoms with E-state index in [0.29, 0.717) is 65.1 Å². The Balaban J connectivity index is 0.000000180. The number of anilines is 2. The van der Waals surface area contributed by atoms with Gasteiger partial charge in [0.1, 0.15) is 6.08 Å². The van der Waals surface area contributed by atoms with Crippen molar-refractivity contribution in [2.75, 3.05) is 22.9 Å². The predicted molar refractivity (Wildman–Crippen MR) is 358 cm³/mol. The summed E-state index contributed by atoms with van der Waals surface area (Å²) in [6.45, 7) is 7.59. The van der Waals surface area contributed by atoms with E-state index in [9.17, 15) is 25.9 Å². The fourth-order valence-corrected chi connectivity index (χ4v) is 13.1. The van der Waals surface area contributed by atoms with Crippen LogP contribution in [0, 0.1) is 5.41 Å². The first-order valence-electron chi connectivity index (χ1n) is 29.1. The molecule has 4 heterocycles. The van der Waals surface area contributed by atoms with E-state index in [1.807, 2.05) is 164 Å². The fraction of sp³-hybridized carbons (Fsp3) is 0.155. The molecular formula is C71H62Br2N4O10S2+2. The van der Waals surface area contributed by atoms with Crippen LogP contribution in [0.15, 0.2) is 247 Å². The summed E-state index contributed by atoms with van der Waals surface area (Å²) in [5.41, 5.74) is 12.8. The van der Waals surface area contributed by atoms with Crippen molar-refractivity contribution in [1.29, 1.82) is 0 Å². The van der Waals surface area contributed by atoms with Gasteiger partial charge in [-0.2, -0.15) is 16.8 Å². The van der Waals surface area contributed by atoms with Crippen LogP contribution in [0.25, 0.3) is 78.9 Å². The monoisotopic (exact) mass is 1350 g/mol. The third kappa shape index (κ3) is 13.5. The molecule has 0 spiro atoms. The van der Waals surface area contributed by atoms with Crippen LogP contribution >= 0.6 is 31.9 Å². The van der Waals surface area contributed by atoms with Gasteiger partial charge in [-0.25, -0.2) is 0 Å². The third-order valence-electron chi connectivity index (χ3n) is 16.1. The van der Waals surface area contributed by atoms with Gasteiger partial charge in [-0.1, -0.05) is 179 Å². The maximum Gasteiger partial charge on any atom is 0.380 e. The van der Waals surface area contributed by atoms with E-state index >= 15 is 0 Å². The zero-order valence-corrected chi connectivity index (χ0v) is 53.6. The van der Waals surface area contributed by atoms with Crippen molar-refractivity contribution in [1.82, 2.24) is 0 Å². The second-order valence-electron chi connectivity index (χ2n) is 21.9. The molecule has 1 atom stereocenters. The van der Waals surface area contributed by atoms with E-state index in [1.165, 1.54) is 9.13 Å². The summed E-state index contributed by atoms with van der Waals surface area (Å²) >= 11 is 7.03. The summed E-state index contributed by atoms with van der Waals surface area (Å²) in [4.78, 5) is 4.26. The molecule has 0 fully saturated rings. The topological polar surface area (TPSA) is 168 Å². The molecule has 3 aliphatic rings. The average Bonchev–Trinajstić information content (AvgIpc) is 1.82. The van der Waals surface area contributed by atoms with Crippen LogP contribution in [0.5, 0.6) is 11.5 Å². The summed E-state index contributed by atoms with van der Waals surface area (Å²) in [7, 11) is -8.77. The summed E-state index contributed by atoms with van der Waals surface area (Å²) < 4.78 is 98.4. The number of hydrogen-bond acceptors (Lipinski definition) is 10. The average molecular weight is 1360 g/mol. The molecular weight excluding hydrogens is 1290 g/mol. The van der Waals surface area contributed by atoms with E-state index in [-0.39, 0.29) is 11.3 Å². The number of ether oxygens (including phenoxy) is 2. The van der Waals surface area contributed by atoms with Crippen LogP contribution in [-0.4, -0.2) is 39.0 Å². The second-order valence-corrected chi connectivity index (χ2v) is 26.6. The van der Waals surface area contributed by atoms with Crippen molar-refractivity contribution in [2.45, 2.75) is 51.8 Å². The minimum Gasteiger partial charge on any atom is -0.439 e. The molecule has 0 saturated heterocycles. The van der Waals surface area contributed by atoms with Crippen LogP contribution in [0.4, 0.5) is 11.4 Å². The van der Waals surface area contributed by atoms with Gasteiger partial charge in [-0.3, -0.25) is 9.11 Å². The molecule has 1 aliphatic carbocycles. The summed E-state index contributed by atoms with van der Waals surface area (Å²) in [5.74, 6) is 1.87. The van der Waals surface area contributed by atoms with E-state index in [1.54, 1.807) is 12.1 Å². The first kappa shape index (κ1) is 60.7. The predicted octanol–water partition coefficient (Wildman–Crippen LogP) is 17.0. The number of rotatable bonds is 16. The van der Waals surface area contributed by atoms with Crippen molar-refractivity contribution >= 4 is 97.8 Å². The highest BCUT2D eigenvalue weighted by Gasteiger charge is 2.37. The van der Waals surface area contributed by atoms with Crippen LogP contribution in [0.2, 0.25) is 0 Å². The highest BCUT2D eigenvalue weighted by Crippen LogP contribution is 2.46. The minimum atomic E-state index is -4.41. The molecule has 0 saturated carbocycles. The van der Waals surface area contributed by atoms with Crippen LogP contribution < -0.4 is 28.4 Å². The maximum absolute atomic E-state index is 12.3. The number of fused-ring (bicyclic) bond motifs is 4. The fourth-order valence-electron chi connectivity index (χ4n) is 11.4. The van der Waals surface area contributed by atoms with E-state index in [0.717, 1.165) is 89.0 Å². The van der Waals surface area contributed by atoms with Crippen molar-refractivity contribution < 1.29 is 53.4 Å². The van der Waals surface area contributed by atoms with Gasteiger partial charge >= 0.3 is 32.0 Å². The van der Waals surface area contributed by atoms with E-state index in [4.69, 9.17) is 18.3 Å². The molecule has 1 unspecified atom stereocenters. The SMILES string of the molecule is CCC(/C=C1\Oc2ccc(-c3ccc(Br)cc3)cc2N1CC1(CC)C=CC=CC1)=C\c1oc2ccc(-c3ccc(Br)cc3)cc2[n+]1CS(=O)(=O)O.CCN1C(=Cc2oc3ccc(-c4ccccc4)cc3[n+]2CS(=O)(=O)O)Oc2ccc(-c3ccccc3)cc21. The number of halogens is 2. The molecule has 0 bridgehead atoms. The lowest BCUT2D eigenvalue weighted by Gasteiger charge is -2.35. The Morgan fingerprint density at radius 1 is 0.551 bits per heavy atom. The normalized spacial score (nSPS) is 16.4. The van der Waals surface area contributed by atoms with Crippen LogP contribution in [0.1, 0.15) is 51.8 Å². The van der Waals surface area contributed by atoms with Crippen molar-refractivity contribution in [3.8, 4) is 56.0 Å². The molecule has 0 radical (unpaired) electrons. The number of oxazole rings is 2. The summed E-state index contributed by atoms with van der Waals surface area (Å²) in [6, 6.07) is 59.5. The van der Waals surface area contributed by atoms with E-state index < -0.39 is 32.0 Å². The Morgan fingerprint density at radius 3 is 1.49 bits per heavy atom. The quantitative estimate of drug-likeness (QED) is 0.0695. The molecule has 450 valence electrons. The first-order valence-corrected chi connectivity index (χ1v) is 33.9. The lowest BCUT2D eigenvalue weighted by Crippen LogP contribution is -2.39. The number of hydrogen-bond donors (Lipinski definition) is 2. The van der Waals surface area contributed by atoms with Crippen molar-refractivity contribution in [3.63, 3.8) is 0 Å². The molecule has 10 aromatic rings. The standard InChI is InChI=1S/C41H36Br2N2O5S.C30H24N2O5S/c1-3-28(23-40-45(27-51(46,47)48)36-25-32(13-19-38(36)50-40)30-10-16-34(43)17-11-30)22-39-44(26-41(4-2)20-6-5-7-21-41)35-24-31(12-18-37(35)49-39)29-8-14-33(42)15-9-29;1-2-31-25-17-23(21-9-5-3-6-10-21)13-15-27(25)36-29(31)19-30-32(20-38(33,34)35)26-18-24(14-16-28(26)37-30)22-11-7-4-8-12-22/h5-20,22-25H,3-4,21,26-27H2,1-2H3;3-19H,2,20H2,1H3/p+2. The van der Waals surface area contributed by atoms with Gasteiger partial charge in [0.2, 0.25) is 22.9 Å². The summed E-state index contributed by atoms with van der Waals surface area (Å²) in [5, 5.41) is 0. The molecule has 2 aliphatic heterocycles.